The van der Waals surface area contributed by atoms with E-state index in [9.17, 15) is 9.59 Å². The second-order valence-electron chi connectivity index (χ2n) is 5.84. The van der Waals surface area contributed by atoms with Gasteiger partial charge in [0.1, 0.15) is 0 Å². The molecule has 0 spiro atoms. The third-order valence-corrected chi connectivity index (χ3v) is 3.73. The molecule has 4 nitrogen and oxygen atoms in total. The van der Waals surface area contributed by atoms with Gasteiger partial charge in [0.2, 0.25) is 0 Å². The number of carbonyl (C=O) groups excluding carboxylic acids is 2. The quantitative estimate of drug-likeness (QED) is 0.228. The number of hydrogen-bond acceptors (Lipinski definition) is 4. The summed E-state index contributed by atoms with van der Waals surface area (Å²) in [5, 5.41) is 0. The number of benzene rings is 1. The summed E-state index contributed by atoms with van der Waals surface area (Å²) in [6, 6.07) is 6.51. The molecule has 0 fully saturated rings. The van der Waals surface area contributed by atoms with Gasteiger partial charge in [-0.25, -0.2) is 4.79 Å². The fraction of sp³-hybridized carbons (Fsp3) is 0.579. The van der Waals surface area contributed by atoms with Crippen LogP contribution in [0, 0.1) is 0 Å². The minimum atomic E-state index is -0.355. The van der Waals surface area contributed by atoms with E-state index in [1.165, 1.54) is 45.4 Å². The molecule has 1 rings (SSSR count). The number of rotatable bonds is 12. The van der Waals surface area contributed by atoms with Crippen molar-refractivity contribution in [2.75, 3.05) is 0 Å². The van der Waals surface area contributed by atoms with Crippen LogP contribution < -0.4 is 4.89 Å². The van der Waals surface area contributed by atoms with E-state index < -0.39 is 0 Å². The van der Waals surface area contributed by atoms with Crippen molar-refractivity contribution in [3.05, 3.63) is 29.8 Å². The van der Waals surface area contributed by atoms with Crippen LogP contribution in [0.25, 0.3) is 0 Å². The summed E-state index contributed by atoms with van der Waals surface area (Å²) in [7, 11) is 0. The van der Waals surface area contributed by atoms with Gasteiger partial charge in [-0.1, -0.05) is 51.9 Å². The van der Waals surface area contributed by atoms with E-state index in [0.29, 0.717) is 17.7 Å². The van der Waals surface area contributed by atoms with Crippen LogP contribution in [0.15, 0.2) is 24.3 Å². The molecule has 4 heteroatoms. The van der Waals surface area contributed by atoms with Crippen molar-refractivity contribution in [2.45, 2.75) is 71.6 Å². The van der Waals surface area contributed by atoms with Crippen molar-refractivity contribution in [1.82, 2.24) is 0 Å². The smallest absolute Gasteiger partial charge is 0.295 e. The number of Topliss-reactive ketones (excluding diaryl/α,β-unsaturated/α-hetero) is 1. The molecule has 0 N–H and O–H groups in total. The van der Waals surface area contributed by atoms with Gasteiger partial charge < -0.3 is 0 Å². The normalized spacial score (nSPS) is 10.3. The van der Waals surface area contributed by atoms with E-state index in [0.717, 1.165) is 12.8 Å². The zero-order chi connectivity index (χ0) is 16.9. The molecule has 0 amide bonds. The molecule has 1 aromatic rings. The topological polar surface area (TPSA) is 52.6 Å². The van der Waals surface area contributed by atoms with Gasteiger partial charge in [-0.3, -0.25) is 14.6 Å². The molecule has 1 aromatic carbocycles. The molecule has 0 saturated heterocycles. The second-order valence-corrected chi connectivity index (χ2v) is 5.84. The molecule has 0 saturated carbocycles. The van der Waals surface area contributed by atoms with Crippen LogP contribution in [0.5, 0.6) is 5.75 Å². The van der Waals surface area contributed by atoms with Gasteiger partial charge in [-0.15, -0.1) is 0 Å². The minimum absolute atomic E-state index is 0.0109. The fourth-order valence-electron chi connectivity index (χ4n) is 2.28. The van der Waals surface area contributed by atoms with Gasteiger partial charge in [0, 0.05) is 5.56 Å². The van der Waals surface area contributed by atoms with E-state index >= 15 is 0 Å². The highest BCUT2D eigenvalue weighted by Crippen LogP contribution is 2.14. The zero-order valence-corrected chi connectivity index (χ0v) is 14.3. The zero-order valence-electron chi connectivity index (χ0n) is 14.3. The molecule has 0 radical (unpaired) electrons. The Kier molecular flexibility index (Phi) is 9.76. The third-order valence-electron chi connectivity index (χ3n) is 3.73. The molecule has 128 valence electrons. The lowest BCUT2D eigenvalue weighted by Crippen LogP contribution is -2.07. The largest absolute Gasteiger partial charge is 0.355 e. The Balaban J connectivity index is 2.07. The summed E-state index contributed by atoms with van der Waals surface area (Å²) < 4.78 is 0. The first-order valence-electron chi connectivity index (χ1n) is 8.62. The van der Waals surface area contributed by atoms with Crippen molar-refractivity contribution in [3.63, 3.8) is 0 Å². The van der Waals surface area contributed by atoms with E-state index in [1.807, 2.05) is 0 Å². The Morgan fingerprint density at radius 2 is 1.43 bits per heavy atom. The Bertz CT molecular complexity index is 465. The van der Waals surface area contributed by atoms with Gasteiger partial charge in [0.25, 0.3) is 0 Å². The SMILES string of the molecule is CCCCCCCCCCC(=O)OOc1ccc(C(C)=O)cc1. The van der Waals surface area contributed by atoms with Gasteiger partial charge in [-0.05, 0) is 37.6 Å². The van der Waals surface area contributed by atoms with Gasteiger partial charge in [0.15, 0.2) is 11.5 Å². The summed E-state index contributed by atoms with van der Waals surface area (Å²) in [5.74, 6) is 0.0501. The van der Waals surface area contributed by atoms with Crippen molar-refractivity contribution < 1.29 is 19.4 Å². The van der Waals surface area contributed by atoms with Crippen molar-refractivity contribution in [1.29, 1.82) is 0 Å². The summed E-state index contributed by atoms with van der Waals surface area (Å²) in [6.07, 6.45) is 9.86. The lowest BCUT2D eigenvalue weighted by molar-refractivity contribution is -0.213. The monoisotopic (exact) mass is 320 g/mol. The lowest BCUT2D eigenvalue weighted by Gasteiger charge is -2.05. The van der Waals surface area contributed by atoms with Crippen LogP contribution in [0.3, 0.4) is 0 Å². The molecule has 0 atom stereocenters. The van der Waals surface area contributed by atoms with Crippen LogP contribution >= 0.6 is 0 Å². The summed E-state index contributed by atoms with van der Waals surface area (Å²) in [5.41, 5.74) is 0.600. The Hall–Kier alpha value is -1.84. The Labute approximate surface area is 139 Å². The van der Waals surface area contributed by atoms with Crippen LogP contribution in [-0.2, 0) is 9.68 Å². The molecule has 0 bridgehead atoms. The summed E-state index contributed by atoms with van der Waals surface area (Å²) in [4.78, 5) is 32.4. The van der Waals surface area contributed by atoms with Crippen LogP contribution in [-0.4, -0.2) is 11.8 Å². The Morgan fingerprint density at radius 1 is 0.870 bits per heavy atom. The predicted molar refractivity (Wildman–Crippen MR) is 90.4 cm³/mol. The minimum Gasteiger partial charge on any atom is -0.295 e. The highest BCUT2D eigenvalue weighted by molar-refractivity contribution is 5.94. The van der Waals surface area contributed by atoms with Gasteiger partial charge in [-0.2, -0.15) is 0 Å². The van der Waals surface area contributed by atoms with Crippen LogP contribution in [0.4, 0.5) is 0 Å². The van der Waals surface area contributed by atoms with Crippen molar-refractivity contribution in [3.8, 4) is 5.75 Å². The average Bonchev–Trinajstić information content (AvgIpc) is 2.55. The highest BCUT2D eigenvalue weighted by Gasteiger charge is 2.06. The van der Waals surface area contributed by atoms with E-state index in [-0.39, 0.29) is 11.8 Å². The lowest BCUT2D eigenvalue weighted by atomic mass is 10.1. The molecule has 0 unspecified atom stereocenters. The maximum absolute atomic E-state index is 11.6. The van der Waals surface area contributed by atoms with Crippen LogP contribution in [0.1, 0.15) is 82.0 Å². The molecule has 0 aromatic heterocycles. The summed E-state index contributed by atoms with van der Waals surface area (Å²) in [6.45, 7) is 3.71. The highest BCUT2D eigenvalue weighted by atomic mass is 17.2. The standard InChI is InChI=1S/C19H28O4/c1-3-4-5-6-7-8-9-10-11-19(21)23-22-18-14-12-17(13-15-18)16(2)20/h12-15H,3-11H2,1-2H3. The molecular weight excluding hydrogens is 292 g/mol. The fourth-order valence-corrected chi connectivity index (χ4v) is 2.28. The second kappa shape index (κ2) is 11.7. The molecule has 0 heterocycles. The van der Waals surface area contributed by atoms with Crippen LogP contribution in [0.2, 0.25) is 0 Å². The third kappa shape index (κ3) is 9.01. The van der Waals surface area contributed by atoms with E-state index in [1.54, 1.807) is 24.3 Å². The number of unbranched alkanes of at least 4 members (excludes halogenated alkanes) is 7. The van der Waals surface area contributed by atoms with Gasteiger partial charge >= 0.3 is 5.97 Å². The molecule has 0 aliphatic heterocycles. The summed E-state index contributed by atoms with van der Waals surface area (Å²) >= 11 is 0. The average molecular weight is 320 g/mol. The molecular formula is C19H28O4. The first-order valence-corrected chi connectivity index (χ1v) is 8.62. The van der Waals surface area contributed by atoms with Crippen molar-refractivity contribution in [2.24, 2.45) is 0 Å². The number of carbonyl (C=O) groups is 2. The van der Waals surface area contributed by atoms with Gasteiger partial charge in [0.05, 0.1) is 6.42 Å². The maximum atomic E-state index is 11.6. The van der Waals surface area contributed by atoms with E-state index in [4.69, 9.17) is 9.78 Å². The molecule has 0 aliphatic rings. The van der Waals surface area contributed by atoms with E-state index in [2.05, 4.69) is 6.92 Å². The first-order chi connectivity index (χ1) is 11.1. The maximum Gasteiger partial charge on any atom is 0.355 e. The number of ketones is 1. The van der Waals surface area contributed by atoms with Crippen molar-refractivity contribution >= 4 is 11.8 Å². The predicted octanol–water partition coefficient (Wildman–Crippen LogP) is 5.26. The Morgan fingerprint density at radius 3 is 2.00 bits per heavy atom. The number of hydrogen-bond donors (Lipinski definition) is 0. The molecule has 0 aliphatic carbocycles. The first kappa shape index (κ1) is 19.2. The molecule has 23 heavy (non-hydrogen) atoms.